The molecule has 0 fully saturated rings. The van der Waals surface area contributed by atoms with Crippen LogP contribution in [0.15, 0.2) is 0 Å². The molecule has 0 aliphatic rings. The van der Waals surface area contributed by atoms with Crippen molar-refractivity contribution in [2.75, 3.05) is 12.3 Å². The summed E-state index contributed by atoms with van der Waals surface area (Å²) < 4.78 is -0.695. The minimum absolute atomic E-state index is 0.529. The van der Waals surface area contributed by atoms with Gasteiger partial charge in [0.05, 0.1) is 0 Å². The molecule has 3 nitrogen and oxygen atoms in total. The van der Waals surface area contributed by atoms with Gasteiger partial charge in [0.1, 0.15) is 4.75 Å². The maximum absolute atomic E-state index is 10.5. The Kier molecular flexibility index (Phi) is 3.75. The quantitative estimate of drug-likeness (QED) is 0.635. The largest absolute Gasteiger partial charge is 0.480 e. The zero-order chi connectivity index (χ0) is 8.20. The van der Waals surface area contributed by atoms with Gasteiger partial charge in [0.2, 0.25) is 0 Å². The third kappa shape index (κ3) is 3.08. The van der Waals surface area contributed by atoms with Gasteiger partial charge in [-0.1, -0.05) is 0 Å². The molecule has 0 radical (unpaired) electrons. The first-order chi connectivity index (χ1) is 4.50. The van der Waals surface area contributed by atoms with E-state index in [1.807, 2.05) is 0 Å². The molecular formula is C6H13NO2S. The van der Waals surface area contributed by atoms with E-state index in [9.17, 15) is 4.79 Å². The number of thioether (sulfide) groups is 1. The van der Waals surface area contributed by atoms with Gasteiger partial charge in [-0.2, -0.15) is 0 Å². The van der Waals surface area contributed by atoms with Crippen LogP contribution in [0.2, 0.25) is 0 Å². The third-order valence-corrected chi connectivity index (χ3v) is 2.43. The first-order valence-electron chi connectivity index (χ1n) is 3.08. The van der Waals surface area contributed by atoms with Crippen molar-refractivity contribution >= 4 is 17.7 Å². The van der Waals surface area contributed by atoms with E-state index in [1.54, 1.807) is 13.8 Å². The van der Waals surface area contributed by atoms with E-state index in [2.05, 4.69) is 0 Å². The van der Waals surface area contributed by atoms with E-state index < -0.39 is 10.7 Å². The second-order valence-corrected chi connectivity index (χ2v) is 4.17. The summed E-state index contributed by atoms with van der Waals surface area (Å²) in [6, 6.07) is 0. The Morgan fingerprint density at radius 3 is 2.50 bits per heavy atom. The van der Waals surface area contributed by atoms with Crippen molar-refractivity contribution in [1.29, 1.82) is 0 Å². The van der Waals surface area contributed by atoms with Crippen LogP contribution in [0, 0.1) is 0 Å². The Morgan fingerprint density at radius 2 is 2.20 bits per heavy atom. The number of rotatable bonds is 4. The fourth-order valence-corrected chi connectivity index (χ4v) is 1.13. The summed E-state index contributed by atoms with van der Waals surface area (Å²) in [5.41, 5.74) is 5.22. The lowest BCUT2D eigenvalue weighted by Crippen LogP contribution is -2.28. The van der Waals surface area contributed by atoms with E-state index in [4.69, 9.17) is 10.8 Å². The molecule has 0 aromatic rings. The summed E-state index contributed by atoms with van der Waals surface area (Å²) in [7, 11) is 0. The number of hydrogen-bond donors (Lipinski definition) is 2. The van der Waals surface area contributed by atoms with Gasteiger partial charge < -0.3 is 10.8 Å². The maximum Gasteiger partial charge on any atom is 0.319 e. The predicted molar refractivity (Wildman–Crippen MR) is 43.2 cm³/mol. The highest BCUT2D eigenvalue weighted by atomic mass is 32.2. The molecule has 0 atom stereocenters. The molecule has 0 aliphatic carbocycles. The summed E-state index contributed by atoms with van der Waals surface area (Å²) in [5, 5.41) is 8.61. The van der Waals surface area contributed by atoms with Crippen molar-refractivity contribution in [1.82, 2.24) is 0 Å². The average Bonchev–Trinajstić information content (AvgIpc) is 1.84. The molecule has 0 bridgehead atoms. The zero-order valence-corrected chi connectivity index (χ0v) is 7.07. The molecule has 0 heterocycles. The number of aliphatic carboxylic acids is 1. The lowest BCUT2D eigenvalue weighted by Gasteiger charge is -2.17. The van der Waals surface area contributed by atoms with Gasteiger partial charge in [-0.3, -0.25) is 4.79 Å². The second kappa shape index (κ2) is 3.83. The van der Waals surface area contributed by atoms with Gasteiger partial charge >= 0.3 is 5.97 Å². The van der Waals surface area contributed by atoms with Crippen molar-refractivity contribution < 1.29 is 9.90 Å². The van der Waals surface area contributed by atoms with Crippen LogP contribution in [-0.2, 0) is 4.79 Å². The van der Waals surface area contributed by atoms with Gasteiger partial charge in [-0.15, -0.1) is 11.8 Å². The third-order valence-electron chi connectivity index (χ3n) is 1.10. The van der Waals surface area contributed by atoms with E-state index in [1.165, 1.54) is 11.8 Å². The standard InChI is InChI=1S/C6H13NO2S/c1-6(2,5(8)9)10-4-3-7/h3-4,7H2,1-2H3,(H,8,9). The van der Waals surface area contributed by atoms with Crippen LogP contribution in [0.3, 0.4) is 0 Å². The zero-order valence-electron chi connectivity index (χ0n) is 6.26. The molecule has 4 heteroatoms. The van der Waals surface area contributed by atoms with E-state index in [0.717, 1.165) is 0 Å². The molecule has 0 saturated heterocycles. The smallest absolute Gasteiger partial charge is 0.319 e. The van der Waals surface area contributed by atoms with Gasteiger partial charge in [0.25, 0.3) is 0 Å². The Balaban J connectivity index is 3.75. The summed E-state index contributed by atoms with van der Waals surface area (Å²) >= 11 is 1.36. The highest BCUT2D eigenvalue weighted by Gasteiger charge is 2.26. The molecule has 3 N–H and O–H groups in total. The van der Waals surface area contributed by atoms with Crippen molar-refractivity contribution in [2.24, 2.45) is 5.73 Å². The number of nitrogens with two attached hydrogens (primary N) is 1. The number of carboxylic acid groups (broad SMARTS) is 1. The molecule has 10 heavy (non-hydrogen) atoms. The Morgan fingerprint density at radius 1 is 1.70 bits per heavy atom. The predicted octanol–water partition coefficient (Wildman–Crippen LogP) is 0.542. The average molecular weight is 163 g/mol. The van der Waals surface area contributed by atoms with E-state index >= 15 is 0 Å². The van der Waals surface area contributed by atoms with Gasteiger partial charge in [-0.05, 0) is 13.8 Å². The minimum atomic E-state index is -0.786. The topological polar surface area (TPSA) is 63.3 Å². The molecule has 0 spiro atoms. The van der Waals surface area contributed by atoms with Gasteiger partial charge in [0.15, 0.2) is 0 Å². The molecule has 60 valence electrons. The van der Waals surface area contributed by atoms with Crippen LogP contribution in [-0.4, -0.2) is 28.1 Å². The molecule has 0 rings (SSSR count). The van der Waals surface area contributed by atoms with Crippen LogP contribution >= 0.6 is 11.8 Å². The number of carboxylic acids is 1. The Hall–Kier alpha value is -0.220. The highest BCUT2D eigenvalue weighted by molar-refractivity contribution is 8.01. The first kappa shape index (κ1) is 9.78. The molecule has 0 aromatic heterocycles. The maximum atomic E-state index is 10.5. The lowest BCUT2D eigenvalue weighted by atomic mass is 10.2. The molecule has 0 aliphatic heterocycles. The van der Waals surface area contributed by atoms with Crippen LogP contribution in [0.25, 0.3) is 0 Å². The molecule has 0 aromatic carbocycles. The molecule has 0 unspecified atom stereocenters. The van der Waals surface area contributed by atoms with E-state index in [0.29, 0.717) is 12.3 Å². The fraction of sp³-hybridized carbons (Fsp3) is 0.833. The van der Waals surface area contributed by atoms with Crippen LogP contribution in [0.1, 0.15) is 13.8 Å². The lowest BCUT2D eigenvalue weighted by molar-refractivity contribution is -0.138. The normalized spacial score (nSPS) is 11.5. The molecule has 0 amide bonds. The number of carbonyl (C=O) groups is 1. The molecular weight excluding hydrogens is 150 g/mol. The van der Waals surface area contributed by atoms with Crippen molar-refractivity contribution in [2.45, 2.75) is 18.6 Å². The Bertz CT molecular complexity index is 125. The summed E-state index contributed by atoms with van der Waals surface area (Å²) in [4.78, 5) is 10.5. The summed E-state index contributed by atoms with van der Waals surface area (Å²) in [5.74, 6) is -0.0924. The highest BCUT2D eigenvalue weighted by Crippen LogP contribution is 2.23. The summed E-state index contributed by atoms with van der Waals surface area (Å²) in [6.07, 6.45) is 0. The van der Waals surface area contributed by atoms with Crippen molar-refractivity contribution in [3.63, 3.8) is 0 Å². The van der Waals surface area contributed by atoms with Crippen LogP contribution in [0.4, 0.5) is 0 Å². The van der Waals surface area contributed by atoms with Crippen LogP contribution < -0.4 is 5.73 Å². The van der Waals surface area contributed by atoms with E-state index in [-0.39, 0.29) is 0 Å². The van der Waals surface area contributed by atoms with Crippen molar-refractivity contribution in [3.05, 3.63) is 0 Å². The first-order valence-corrected chi connectivity index (χ1v) is 4.06. The molecule has 0 saturated carbocycles. The van der Waals surface area contributed by atoms with Crippen molar-refractivity contribution in [3.8, 4) is 0 Å². The van der Waals surface area contributed by atoms with Gasteiger partial charge in [0, 0.05) is 12.3 Å². The van der Waals surface area contributed by atoms with Crippen LogP contribution in [0.5, 0.6) is 0 Å². The monoisotopic (exact) mass is 163 g/mol. The fourth-order valence-electron chi connectivity index (χ4n) is 0.376. The number of hydrogen-bond acceptors (Lipinski definition) is 3. The van der Waals surface area contributed by atoms with Gasteiger partial charge in [-0.25, -0.2) is 0 Å². The SMILES string of the molecule is CC(C)(SCCN)C(=O)O. The minimum Gasteiger partial charge on any atom is -0.480 e. The Labute approximate surface area is 65.0 Å². The summed E-state index contributed by atoms with van der Waals surface area (Å²) in [6.45, 7) is 3.88. The second-order valence-electron chi connectivity index (χ2n) is 2.45.